The summed E-state index contributed by atoms with van der Waals surface area (Å²) in [5.41, 5.74) is -0.739. The third-order valence-electron chi connectivity index (χ3n) is 8.79. The van der Waals surface area contributed by atoms with E-state index >= 15 is 0 Å². The number of alkyl halides is 5. The van der Waals surface area contributed by atoms with Gasteiger partial charge in [0.15, 0.2) is 28.2 Å². The normalized spacial score (nSPS) is 27.5. The molecule has 0 unspecified atom stereocenters. The lowest BCUT2D eigenvalue weighted by Crippen LogP contribution is -2.51. The van der Waals surface area contributed by atoms with Gasteiger partial charge in [-0.25, -0.2) is 8.42 Å². The Labute approximate surface area is 244 Å². The topological polar surface area (TPSA) is 92.7 Å². The van der Waals surface area contributed by atoms with Gasteiger partial charge in [0.05, 0.1) is 5.41 Å². The van der Waals surface area contributed by atoms with E-state index in [2.05, 4.69) is 4.74 Å². The predicted molar refractivity (Wildman–Crippen MR) is 146 cm³/mol. The molecule has 2 aromatic rings. The summed E-state index contributed by atoms with van der Waals surface area (Å²) >= 11 is 0. The maximum Gasteiger partial charge on any atom is 0.422 e. The van der Waals surface area contributed by atoms with E-state index in [0.717, 1.165) is 30.0 Å². The first kappa shape index (κ1) is 31.3. The van der Waals surface area contributed by atoms with Crippen molar-refractivity contribution in [2.24, 2.45) is 23.2 Å². The van der Waals surface area contributed by atoms with E-state index in [-0.39, 0.29) is 10.9 Å². The molecule has 0 N–H and O–H groups in total. The molecule has 42 heavy (non-hydrogen) atoms. The van der Waals surface area contributed by atoms with Crippen LogP contribution in [0.25, 0.3) is 10.8 Å². The van der Waals surface area contributed by atoms with Crippen molar-refractivity contribution in [3.63, 3.8) is 0 Å². The average molecular weight is 637 g/mol. The van der Waals surface area contributed by atoms with Gasteiger partial charge in [0.1, 0.15) is 17.3 Å². The lowest BCUT2D eigenvalue weighted by Gasteiger charge is -2.55. The minimum Gasteiger partial charge on any atom is -0.743 e. The lowest BCUT2D eigenvalue weighted by molar-refractivity contribution is -0.176. The zero-order valence-electron chi connectivity index (χ0n) is 22.8. The van der Waals surface area contributed by atoms with Crippen molar-refractivity contribution in [3.05, 3.63) is 36.4 Å². The summed E-state index contributed by atoms with van der Waals surface area (Å²) in [6.07, 6.45) is 3.31. The second kappa shape index (κ2) is 11.8. The van der Waals surface area contributed by atoms with Gasteiger partial charge < -0.3 is 14.0 Å². The SMILES string of the molecule is FC(F)(F)COc1ccc([S+]2CCCC2)c2ccccc12.O=C(OCC(F)(F)S(=O)(=O)[O-])C12CC3CC(CC(C3)C1)C2. The van der Waals surface area contributed by atoms with Crippen molar-refractivity contribution >= 4 is 37.8 Å². The Balaban J connectivity index is 0.000000168. The van der Waals surface area contributed by atoms with Gasteiger partial charge in [0.2, 0.25) is 0 Å². The van der Waals surface area contributed by atoms with Crippen LogP contribution < -0.4 is 4.74 Å². The molecule has 1 saturated heterocycles. The Morgan fingerprint density at radius 3 is 1.95 bits per heavy atom. The number of hydrogen-bond donors (Lipinski definition) is 0. The standard InChI is InChI=1S/C16H16F3OS.C13H18F2O5S/c17-16(18,19)11-20-14-7-8-15(21-9-3-4-10-21)13-6-2-1-5-12(13)14;14-13(15,21(17,18)19)7-20-11(16)12-4-8-1-9(5-12)3-10(2-8)6-12/h1-2,5-8H,3-4,9-11H2;8-10H,1-7H2,(H,17,18,19)/q+1;/p-1. The Morgan fingerprint density at radius 1 is 0.881 bits per heavy atom. The van der Waals surface area contributed by atoms with Gasteiger partial charge in [-0.1, -0.05) is 18.2 Å². The van der Waals surface area contributed by atoms with Crippen LogP contribution in [0.2, 0.25) is 0 Å². The average Bonchev–Trinajstić information content (AvgIpc) is 3.44. The second-order valence-corrected chi connectivity index (χ2v) is 15.7. The van der Waals surface area contributed by atoms with Crippen LogP contribution in [0.4, 0.5) is 22.0 Å². The summed E-state index contributed by atoms with van der Waals surface area (Å²) in [4.78, 5) is 13.5. The van der Waals surface area contributed by atoms with Gasteiger partial charge in [0, 0.05) is 21.7 Å². The molecule has 2 aromatic carbocycles. The van der Waals surface area contributed by atoms with E-state index in [4.69, 9.17) is 4.74 Å². The van der Waals surface area contributed by atoms with Crippen molar-refractivity contribution in [1.82, 2.24) is 0 Å². The van der Waals surface area contributed by atoms with Crippen molar-refractivity contribution in [1.29, 1.82) is 0 Å². The quantitative estimate of drug-likeness (QED) is 0.150. The summed E-state index contributed by atoms with van der Waals surface area (Å²) in [7, 11) is -5.59. The molecule has 1 heterocycles. The number of ether oxygens (including phenoxy) is 2. The highest BCUT2D eigenvalue weighted by atomic mass is 32.2. The monoisotopic (exact) mass is 636 g/mol. The van der Waals surface area contributed by atoms with Crippen molar-refractivity contribution in [2.75, 3.05) is 24.7 Å². The fourth-order valence-electron chi connectivity index (χ4n) is 7.39. The fourth-order valence-corrected chi connectivity index (χ4v) is 10.1. The minimum atomic E-state index is -5.81. The van der Waals surface area contributed by atoms with Crippen LogP contribution in [0.3, 0.4) is 0 Å². The largest absolute Gasteiger partial charge is 0.743 e. The van der Waals surface area contributed by atoms with E-state index in [9.17, 15) is 39.7 Å². The molecule has 4 bridgehead atoms. The first-order chi connectivity index (χ1) is 19.7. The van der Waals surface area contributed by atoms with Crippen LogP contribution in [0.1, 0.15) is 51.4 Å². The molecule has 0 amide bonds. The maximum absolute atomic E-state index is 13.1. The Morgan fingerprint density at radius 2 is 1.43 bits per heavy atom. The highest BCUT2D eigenvalue weighted by Crippen LogP contribution is 2.60. The smallest absolute Gasteiger partial charge is 0.422 e. The van der Waals surface area contributed by atoms with Crippen LogP contribution in [-0.2, 0) is 30.5 Å². The van der Waals surface area contributed by atoms with Crippen LogP contribution in [0.5, 0.6) is 5.75 Å². The third kappa shape index (κ3) is 6.83. The van der Waals surface area contributed by atoms with Crippen molar-refractivity contribution in [3.8, 4) is 5.75 Å². The molecule has 4 saturated carbocycles. The molecular formula is C29H33F5O6S2. The van der Waals surface area contributed by atoms with Crippen LogP contribution in [0.15, 0.2) is 41.3 Å². The molecule has 6 nitrogen and oxygen atoms in total. The van der Waals surface area contributed by atoms with Gasteiger partial charge in [-0.2, -0.15) is 22.0 Å². The molecule has 0 radical (unpaired) electrons. The van der Waals surface area contributed by atoms with Gasteiger partial charge in [-0.05, 0) is 87.3 Å². The summed E-state index contributed by atoms with van der Waals surface area (Å²) < 4.78 is 104. The summed E-state index contributed by atoms with van der Waals surface area (Å²) in [6.45, 7) is -2.93. The lowest BCUT2D eigenvalue weighted by atomic mass is 9.49. The number of halogens is 5. The minimum absolute atomic E-state index is 0.228. The number of esters is 1. The molecule has 5 aliphatic rings. The molecule has 0 spiro atoms. The Kier molecular flexibility index (Phi) is 8.77. The molecule has 1 aliphatic heterocycles. The first-order valence-electron chi connectivity index (χ1n) is 14.1. The highest BCUT2D eigenvalue weighted by molar-refractivity contribution is 7.97. The molecule has 232 valence electrons. The number of carbonyl (C=O) groups is 1. The second-order valence-electron chi connectivity index (χ2n) is 12.0. The third-order valence-corrected chi connectivity index (χ3v) is 12.2. The summed E-state index contributed by atoms with van der Waals surface area (Å²) in [5, 5.41) is -2.76. The van der Waals surface area contributed by atoms with E-state index in [1.54, 1.807) is 6.07 Å². The number of benzene rings is 2. The molecule has 5 fully saturated rings. The molecule has 4 aliphatic carbocycles. The van der Waals surface area contributed by atoms with Gasteiger partial charge in [-0.3, -0.25) is 4.79 Å². The summed E-state index contributed by atoms with van der Waals surface area (Å²) in [6, 6.07) is 11.2. The van der Waals surface area contributed by atoms with Gasteiger partial charge >= 0.3 is 17.4 Å². The van der Waals surface area contributed by atoms with Crippen LogP contribution >= 0.6 is 0 Å². The predicted octanol–water partition coefficient (Wildman–Crippen LogP) is 6.44. The molecular weight excluding hydrogens is 603 g/mol. The molecule has 0 atom stereocenters. The van der Waals surface area contributed by atoms with E-state index in [0.29, 0.717) is 42.8 Å². The van der Waals surface area contributed by atoms with Crippen molar-refractivity contribution < 1.29 is 49.2 Å². The van der Waals surface area contributed by atoms with E-state index in [1.807, 2.05) is 30.3 Å². The Bertz CT molecular complexity index is 1370. The number of carbonyl (C=O) groups excluding carboxylic acids is 1. The first-order valence-corrected chi connectivity index (χ1v) is 17.0. The van der Waals surface area contributed by atoms with Crippen LogP contribution in [-0.4, -0.2) is 55.1 Å². The van der Waals surface area contributed by atoms with Crippen molar-refractivity contribution in [2.45, 2.75) is 67.7 Å². The number of rotatable bonds is 7. The Hall–Kier alpha value is -2.12. The summed E-state index contributed by atoms with van der Waals surface area (Å²) in [5.74, 6) is 3.24. The maximum atomic E-state index is 13.1. The highest BCUT2D eigenvalue weighted by Gasteiger charge is 2.56. The zero-order chi connectivity index (χ0) is 30.3. The zero-order valence-corrected chi connectivity index (χ0v) is 24.5. The molecule has 7 rings (SSSR count). The van der Waals surface area contributed by atoms with E-state index < -0.39 is 46.1 Å². The van der Waals surface area contributed by atoms with Gasteiger partial charge in [-0.15, -0.1) is 0 Å². The number of hydrogen-bond acceptors (Lipinski definition) is 6. The fraction of sp³-hybridized carbons (Fsp3) is 0.621. The molecule has 13 heteroatoms. The number of fused-ring (bicyclic) bond motifs is 1. The van der Waals surface area contributed by atoms with E-state index in [1.165, 1.54) is 29.2 Å². The molecule has 0 aromatic heterocycles. The van der Waals surface area contributed by atoms with Gasteiger partial charge in [0.25, 0.3) is 0 Å². The van der Waals surface area contributed by atoms with Crippen LogP contribution in [0, 0.1) is 23.2 Å².